The molecule has 1 aliphatic heterocycles. The highest BCUT2D eigenvalue weighted by atomic mass is 16.7. The van der Waals surface area contributed by atoms with E-state index in [1.54, 1.807) is 18.2 Å². The molecule has 1 saturated heterocycles. The minimum absolute atomic E-state index is 0.160. The van der Waals surface area contributed by atoms with E-state index in [1.807, 2.05) is 0 Å². The number of rotatable bonds is 6. The maximum Gasteiger partial charge on any atom is 0.333 e. The van der Waals surface area contributed by atoms with Crippen LogP contribution in [0.25, 0.3) is 10.9 Å². The van der Waals surface area contributed by atoms with Gasteiger partial charge in [-0.2, -0.15) is 0 Å². The number of fused-ring (bicyclic) bond motifs is 1. The summed E-state index contributed by atoms with van der Waals surface area (Å²) in [5.74, 6) is -3.18. The van der Waals surface area contributed by atoms with Gasteiger partial charge in [0.25, 0.3) is 5.56 Å². The van der Waals surface area contributed by atoms with Crippen LogP contribution in [0.2, 0.25) is 0 Å². The summed E-state index contributed by atoms with van der Waals surface area (Å²) in [6, 6.07) is 6.33. The smallest absolute Gasteiger partial charge is 0.333 e. The van der Waals surface area contributed by atoms with Crippen molar-refractivity contribution in [1.82, 2.24) is 9.13 Å². The van der Waals surface area contributed by atoms with E-state index in [9.17, 15) is 28.8 Å². The van der Waals surface area contributed by atoms with E-state index < -0.39 is 72.4 Å². The first-order valence-corrected chi connectivity index (χ1v) is 10.9. The van der Waals surface area contributed by atoms with E-state index in [2.05, 4.69) is 0 Å². The quantitative estimate of drug-likeness (QED) is 0.382. The van der Waals surface area contributed by atoms with Gasteiger partial charge in [-0.1, -0.05) is 12.1 Å². The van der Waals surface area contributed by atoms with Gasteiger partial charge in [0.2, 0.25) is 0 Å². The number of ether oxygens (including phenoxy) is 5. The van der Waals surface area contributed by atoms with Gasteiger partial charge in [0.05, 0.1) is 10.9 Å². The monoisotopic (exact) mass is 506 g/mol. The third-order valence-electron chi connectivity index (χ3n) is 5.43. The highest BCUT2D eigenvalue weighted by Crippen LogP contribution is 2.33. The lowest BCUT2D eigenvalue weighted by atomic mass is 9.97. The summed E-state index contributed by atoms with van der Waals surface area (Å²) >= 11 is 0. The predicted octanol–water partition coefficient (Wildman–Crippen LogP) is -0.0442. The Morgan fingerprint density at radius 1 is 0.833 bits per heavy atom. The molecule has 0 radical (unpaired) electrons. The Hall–Kier alpha value is -4.00. The summed E-state index contributed by atoms with van der Waals surface area (Å²) in [7, 11) is 1.44. The van der Waals surface area contributed by atoms with E-state index in [-0.39, 0.29) is 5.39 Å². The number of benzene rings is 1. The largest absolute Gasteiger partial charge is 0.463 e. The van der Waals surface area contributed by atoms with Crippen LogP contribution in [0.15, 0.2) is 33.9 Å². The number of para-hydroxylation sites is 1. The number of hydrogen-bond donors (Lipinski definition) is 0. The van der Waals surface area contributed by atoms with E-state index >= 15 is 0 Å². The Morgan fingerprint density at radius 3 is 1.97 bits per heavy atom. The van der Waals surface area contributed by atoms with Gasteiger partial charge in [0.15, 0.2) is 24.5 Å². The molecule has 1 aromatic heterocycles. The number of esters is 4. The number of carbonyl (C=O) groups is 4. The molecule has 2 aromatic rings. The molecule has 0 amide bonds. The second kappa shape index (κ2) is 10.7. The van der Waals surface area contributed by atoms with Crippen molar-refractivity contribution in [1.29, 1.82) is 0 Å². The molecule has 1 aliphatic rings. The van der Waals surface area contributed by atoms with Crippen LogP contribution in [0.5, 0.6) is 0 Å². The molecule has 5 atom stereocenters. The van der Waals surface area contributed by atoms with Crippen LogP contribution >= 0.6 is 0 Å². The average molecular weight is 506 g/mol. The molecule has 0 aliphatic carbocycles. The third-order valence-corrected chi connectivity index (χ3v) is 5.43. The first-order valence-electron chi connectivity index (χ1n) is 10.9. The van der Waals surface area contributed by atoms with Crippen LogP contribution in [0.4, 0.5) is 0 Å². The lowest BCUT2D eigenvalue weighted by Gasteiger charge is -2.44. The molecule has 0 saturated carbocycles. The molecule has 194 valence electrons. The van der Waals surface area contributed by atoms with E-state index in [0.717, 1.165) is 32.3 Å². The van der Waals surface area contributed by atoms with Gasteiger partial charge >= 0.3 is 29.6 Å². The van der Waals surface area contributed by atoms with Crippen molar-refractivity contribution in [2.45, 2.75) is 58.3 Å². The maximum atomic E-state index is 13.4. The van der Waals surface area contributed by atoms with Crippen molar-refractivity contribution < 1.29 is 42.9 Å². The molecule has 0 N–H and O–H groups in total. The summed E-state index contributed by atoms with van der Waals surface area (Å²) in [5.41, 5.74) is -1.25. The fraction of sp³-hybridized carbons (Fsp3) is 0.478. The highest BCUT2D eigenvalue weighted by Gasteiger charge is 2.53. The molecular formula is C23H26N2O11. The molecule has 0 spiro atoms. The normalized spacial score (nSPS) is 23.5. The van der Waals surface area contributed by atoms with Gasteiger partial charge < -0.3 is 23.7 Å². The topological polar surface area (TPSA) is 158 Å². The van der Waals surface area contributed by atoms with Crippen LogP contribution in [-0.2, 0) is 49.9 Å². The Bertz CT molecular complexity index is 1310. The van der Waals surface area contributed by atoms with Gasteiger partial charge in [0.1, 0.15) is 12.7 Å². The van der Waals surface area contributed by atoms with E-state index in [1.165, 1.54) is 17.7 Å². The summed E-state index contributed by atoms with van der Waals surface area (Å²) in [5, 5.41) is 0.160. The highest BCUT2D eigenvalue weighted by molar-refractivity contribution is 5.77. The fourth-order valence-electron chi connectivity index (χ4n) is 4.07. The number of carbonyl (C=O) groups excluding carboxylic acids is 4. The predicted molar refractivity (Wildman–Crippen MR) is 121 cm³/mol. The van der Waals surface area contributed by atoms with E-state index in [0.29, 0.717) is 5.52 Å². The first-order chi connectivity index (χ1) is 16.9. The van der Waals surface area contributed by atoms with Gasteiger partial charge in [0, 0.05) is 34.7 Å². The summed E-state index contributed by atoms with van der Waals surface area (Å²) in [4.78, 5) is 74.1. The molecule has 0 unspecified atom stereocenters. The van der Waals surface area contributed by atoms with Crippen LogP contribution in [0, 0.1) is 0 Å². The summed E-state index contributed by atoms with van der Waals surface area (Å²) < 4.78 is 28.9. The van der Waals surface area contributed by atoms with Crippen LogP contribution < -0.4 is 11.2 Å². The van der Waals surface area contributed by atoms with Gasteiger partial charge in [-0.25, -0.2) is 9.36 Å². The van der Waals surface area contributed by atoms with Crippen LogP contribution in [0.3, 0.4) is 0 Å². The lowest BCUT2D eigenvalue weighted by molar-refractivity contribution is -0.269. The van der Waals surface area contributed by atoms with Crippen LogP contribution in [-0.4, -0.2) is 64.0 Å². The lowest BCUT2D eigenvalue weighted by Crippen LogP contribution is -2.63. The summed E-state index contributed by atoms with van der Waals surface area (Å²) in [6.45, 7) is 3.87. The number of nitrogens with zero attached hydrogens (tertiary/aromatic N) is 2. The van der Waals surface area contributed by atoms with Gasteiger partial charge in [-0.3, -0.25) is 28.5 Å². The van der Waals surface area contributed by atoms with Crippen molar-refractivity contribution >= 4 is 34.8 Å². The molecule has 3 rings (SSSR count). The zero-order chi connectivity index (χ0) is 26.7. The number of hydrogen-bond acceptors (Lipinski definition) is 11. The molecule has 13 nitrogen and oxygen atoms in total. The summed E-state index contributed by atoms with van der Waals surface area (Å²) in [6.07, 6.45) is -7.46. The Morgan fingerprint density at radius 2 is 1.39 bits per heavy atom. The molecule has 0 bridgehead atoms. The first kappa shape index (κ1) is 26.6. The van der Waals surface area contributed by atoms with Crippen molar-refractivity contribution in [2.75, 3.05) is 6.61 Å². The Labute approximate surface area is 204 Å². The molecule has 2 heterocycles. The minimum Gasteiger partial charge on any atom is -0.463 e. The van der Waals surface area contributed by atoms with Crippen molar-refractivity contribution in [3.63, 3.8) is 0 Å². The van der Waals surface area contributed by atoms with Crippen molar-refractivity contribution in [3.8, 4) is 0 Å². The van der Waals surface area contributed by atoms with Crippen molar-refractivity contribution in [3.05, 3.63) is 45.1 Å². The molecule has 36 heavy (non-hydrogen) atoms. The van der Waals surface area contributed by atoms with Gasteiger partial charge in [-0.05, 0) is 12.1 Å². The molecule has 13 heteroatoms. The third kappa shape index (κ3) is 5.46. The minimum atomic E-state index is -1.64. The number of aromatic nitrogens is 2. The maximum absolute atomic E-state index is 13.4. The fourth-order valence-corrected chi connectivity index (χ4v) is 4.07. The molecule has 1 fully saturated rings. The van der Waals surface area contributed by atoms with Gasteiger partial charge in [-0.15, -0.1) is 0 Å². The second-order valence-corrected chi connectivity index (χ2v) is 8.12. The SMILES string of the molecule is CC(=O)OC[C@H]1O[C@@H](n2c(=O)c3ccccc3n(C)c2=O)[C@H](OC(C)=O)[C@@H](OC(C)=O)[C@@H]1OC(C)=O. The Balaban J connectivity index is 2.27. The average Bonchev–Trinajstić information content (AvgIpc) is 2.79. The number of aryl methyl sites for hydroxylation is 1. The van der Waals surface area contributed by atoms with E-state index in [4.69, 9.17) is 23.7 Å². The molecular weight excluding hydrogens is 480 g/mol. The zero-order valence-electron chi connectivity index (χ0n) is 20.3. The standard InChI is InChI=1S/C23H26N2O11/c1-11(26)32-10-17-18(33-12(2)27)19(34-13(3)28)20(35-14(4)29)22(36-17)25-21(30)15-8-6-7-9-16(15)24(5)23(25)31/h6-9,17-20,22H,10H2,1-5H3/t17-,18-,19+,20-,22-/m1/s1. The van der Waals surface area contributed by atoms with Crippen LogP contribution in [0.1, 0.15) is 33.9 Å². The molecule has 1 aromatic carbocycles. The zero-order valence-corrected chi connectivity index (χ0v) is 20.3. The second-order valence-electron chi connectivity index (χ2n) is 8.12. The van der Waals surface area contributed by atoms with Crippen molar-refractivity contribution in [2.24, 2.45) is 7.05 Å². The Kier molecular flexibility index (Phi) is 7.93.